The van der Waals surface area contributed by atoms with Gasteiger partial charge in [-0.3, -0.25) is 4.79 Å². The summed E-state index contributed by atoms with van der Waals surface area (Å²) in [7, 11) is 0. The van der Waals surface area contributed by atoms with E-state index in [2.05, 4.69) is 26.1 Å². The Balaban J connectivity index is 1.79. The summed E-state index contributed by atoms with van der Waals surface area (Å²) in [5.41, 5.74) is 7.90. The summed E-state index contributed by atoms with van der Waals surface area (Å²) in [6.07, 6.45) is 4.57. The van der Waals surface area contributed by atoms with E-state index in [9.17, 15) is 10.1 Å². The highest BCUT2D eigenvalue weighted by Crippen LogP contribution is 2.34. The summed E-state index contributed by atoms with van der Waals surface area (Å²) in [6.45, 7) is 1.90. The lowest BCUT2D eigenvalue weighted by Gasteiger charge is -2.17. The molecule has 1 atom stereocenters. The third-order valence-electron chi connectivity index (χ3n) is 3.83. The number of amides is 1. The lowest BCUT2D eigenvalue weighted by Crippen LogP contribution is -2.35. The van der Waals surface area contributed by atoms with Crippen LogP contribution in [0.5, 0.6) is 0 Å². The molecule has 8 heteroatoms. The van der Waals surface area contributed by atoms with Crippen molar-refractivity contribution in [3.8, 4) is 6.07 Å². The lowest BCUT2D eigenvalue weighted by atomic mass is 10.1. The van der Waals surface area contributed by atoms with Gasteiger partial charge >= 0.3 is 0 Å². The molecule has 1 amide bonds. The van der Waals surface area contributed by atoms with Gasteiger partial charge in [0.15, 0.2) is 5.69 Å². The molecular weight excluding hydrogens is 324 g/mol. The first-order valence-electron chi connectivity index (χ1n) is 7.71. The van der Waals surface area contributed by atoms with Crippen molar-refractivity contribution >= 4 is 33.8 Å². The van der Waals surface area contributed by atoms with Gasteiger partial charge in [-0.2, -0.15) is 9.64 Å². The molecule has 0 aromatic carbocycles. The number of hydrogen-bond acceptors (Lipinski definition) is 7. The molecule has 3 rings (SSSR count). The largest absolute Gasteiger partial charge is 0.372 e. The van der Waals surface area contributed by atoms with Crippen molar-refractivity contribution in [2.24, 2.45) is 11.7 Å². The maximum absolute atomic E-state index is 11.6. The number of aryl methyl sites for hydroxylation is 1. The van der Waals surface area contributed by atoms with Crippen molar-refractivity contribution < 1.29 is 4.79 Å². The van der Waals surface area contributed by atoms with Crippen molar-refractivity contribution in [2.45, 2.75) is 32.2 Å². The van der Waals surface area contributed by atoms with E-state index in [0.29, 0.717) is 17.3 Å². The Kier molecular flexibility index (Phi) is 4.62. The van der Waals surface area contributed by atoms with Gasteiger partial charge in [-0.1, -0.05) is 12.8 Å². The summed E-state index contributed by atoms with van der Waals surface area (Å²) in [5.74, 6) is 0.193. The molecule has 1 aliphatic carbocycles. The molecule has 7 nitrogen and oxygen atoms in total. The van der Waals surface area contributed by atoms with Crippen LogP contribution in [0.4, 0.5) is 16.4 Å². The van der Waals surface area contributed by atoms with Gasteiger partial charge in [0.1, 0.15) is 17.1 Å². The van der Waals surface area contributed by atoms with E-state index in [4.69, 9.17) is 5.73 Å². The first-order valence-corrected chi connectivity index (χ1v) is 8.49. The van der Waals surface area contributed by atoms with E-state index in [1.165, 1.54) is 11.5 Å². The molecule has 2 aromatic rings. The van der Waals surface area contributed by atoms with E-state index in [-0.39, 0.29) is 11.6 Å². The predicted octanol–water partition coefficient (Wildman–Crippen LogP) is 2.53. The highest BCUT2D eigenvalue weighted by Gasteiger charge is 2.28. The quantitative estimate of drug-likeness (QED) is 0.712. The van der Waals surface area contributed by atoms with Crippen molar-refractivity contribution in [3.05, 3.63) is 29.7 Å². The van der Waals surface area contributed by atoms with Gasteiger partial charge < -0.3 is 16.4 Å². The minimum Gasteiger partial charge on any atom is -0.372 e. The molecule has 2 aromatic heterocycles. The Hall–Kier alpha value is -2.66. The second-order valence-electron chi connectivity index (χ2n) is 5.97. The van der Waals surface area contributed by atoms with Crippen molar-refractivity contribution in [1.82, 2.24) is 9.36 Å². The Morgan fingerprint density at radius 3 is 2.92 bits per heavy atom. The summed E-state index contributed by atoms with van der Waals surface area (Å²) >= 11 is 1.31. The van der Waals surface area contributed by atoms with Gasteiger partial charge in [0.05, 0.1) is 23.3 Å². The number of nitrogens with two attached hydrogens (primary N) is 1. The number of anilines is 3. The van der Waals surface area contributed by atoms with E-state index >= 15 is 0 Å². The zero-order chi connectivity index (χ0) is 17.1. The fraction of sp³-hybridized carbons (Fsp3) is 0.375. The molecule has 1 unspecified atom stereocenters. The Labute approximate surface area is 144 Å². The molecule has 0 saturated heterocycles. The lowest BCUT2D eigenvalue weighted by molar-refractivity contribution is -0.118. The summed E-state index contributed by atoms with van der Waals surface area (Å²) < 4.78 is 4.20. The second kappa shape index (κ2) is 6.84. The number of aromatic nitrogens is 2. The van der Waals surface area contributed by atoms with Gasteiger partial charge in [0.25, 0.3) is 0 Å². The topological polar surface area (TPSA) is 117 Å². The molecule has 2 heterocycles. The number of carbonyl (C=O) groups is 1. The van der Waals surface area contributed by atoms with E-state index in [0.717, 1.165) is 30.0 Å². The van der Waals surface area contributed by atoms with Gasteiger partial charge in [-0.15, -0.1) is 0 Å². The molecule has 0 aliphatic heterocycles. The first kappa shape index (κ1) is 16.2. The molecule has 0 spiro atoms. The normalized spacial score (nSPS) is 14.7. The van der Waals surface area contributed by atoms with Crippen molar-refractivity contribution in [2.75, 3.05) is 10.6 Å². The number of nitriles is 1. The smallest absolute Gasteiger partial charge is 0.239 e. The molecular formula is C16H18N6OS. The van der Waals surface area contributed by atoms with Crippen molar-refractivity contribution in [1.29, 1.82) is 5.26 Å². The van der Waals surface area contributed by atoms with Crippen LogP contribution in [0.15, 0.2) is 18.3 Å². The minimum atomic E-state index is -0.425. The number of nitrogens with zero attached hydrogens (tertiary/aromatic N) is 3. The Morgan fingerprint density at radius 1 is 1.54 bits per heavy atom. The zero-order valence-corrected chi connectivity index (χ0v) is 14.1. The molecule has 0 radical (unpaired) electrons. The predicted molar refractivity (Wildman–Crippen MR) is 93.0 cm³/mol. The third kappa shape index (κ3) is 4.00. The van der Waals surface area contributed by atoms with Gasteiger partial charge in [-0.05, 0) is 42.9 Å². The number of pyridine rings is 1. The maximum atomic E-state index is 11.6. The zero-order valence-electron chi connectivity index (χ0n) is 13.2. The SMILES string of the molecule is Cc1cc(Nc2cc(NC(CC3CC3)C(N)=O)cnc2C#N)sn1. The van der Waals surface area contributed by atoms with Crippen LogP contribution in [0.25, 0.3) is 0 Å². The third-order valence-corrected chi connectivity index (χ3v) is 4.63. The molecule has 0 bridgehead atoms. The number of primary amides is 1. The second-order valence-corrected chi connectivity index (χ2v) is 6.77. The van der Waals surface area contributed by atoms with Gasteiger partial charge in [-0.25, -0.2) is 4.98 Å². The first-order chi connectivity index (χ1) is 11.5. The van der Waals surface area contributed by atoms with E-state index in [1.807, 2.05) is 13.0 Å². The molecule has 124 valence electrons. The highest BCUT2D eigenvalue weighted by atomic mass is 32.1. The van der Waals surface area contributed by atoms with Crippen LogP contribution in [0.2, 0.25) is 0 Å². The average Bonchev–Trinajstić information content (AvgIpc) is 3.28. The monoisotopic (exact) mass is 342 g/mol. The van der Waals surface area contributed by atoms with Crippen LogP contribution in [0.3, 0.4) is 0 Å². The van der Waals surface area contributed by atoms with Gasteiger partial charge in [0, 0.05) is 0 Å². The van der Waals surface area contributed by atoms with Crippen LogP contribution in [0, 0.1) is 24.2 Å². The summed E-state index contributed by atoms with van der Waals surface area (Å²) in [5, 5.41) is 16.3. The number of rotatable bonds is 7. The van der Waals surface area contributed by atoms with Crippen LogP contribution in [-0.4, -0.2) is 21.3 Å². The minimum absolute atomic E-state index is 0.282. The van der Waals surface area contributed by atoms with Gasteiger partial charge in [0.2, 0.25) is 5.91 Å². The number of hydrogen-bond donors (Lipinski definition) is 3. The standard InChI is InChI=1S/C16H18N6OS/c1-9-4-15(24-22-9)21-12-6-11(8-19-14(12)7-17)20-13(16(18)23)5-10-2-3-10/h4,6,8,10,13,20-21H,2-3,5H2,1H3,(H2,18,23). The van der Waals surface area contributed by atoms with E-state index < -0.39 is 6.04 Å². The number of nitrogens with one attached hydrogen (secondary N) is 2. The molecule has 1 aliphatic rings. The Bertz CT molecular complexity index is 792. The molecule has 1 fully saturated rings. The maximum Gasteiger partial charge on any atom is 0.239 e. The highest BCUT2D eigenvalue weighted by molar-refractivity contribution is 7.10. The fourth-order valence-electron chi connectivity index (χ4n) is 2.42. The van der Waals surface area contributed by atoms with Crippen LogP contribution >= 0.6 is 11.5 Å². The fourth-order valence-corrected chi connectivity index (χ4v) is 3.09. The summed E-state index contributed by atoms with van der Waals surface area (Å²) in [4.78, 5) is 15.8. The Morgan fingerprint density at radius 2 is 2.33 bits per heavy atom. The molecule has 24 heavy (non-hydrogen) atoms. The van der Waals surface area contributed by atoms with Crippen LogP contribution in [-0.2, 0) is 4.79 Å². The summed E-state index contributed by atoms with van der Waals surface area (Å²) in [6, 6.07) is 5.30. The molecule has 4 N–H and O–H groups in total. The average molecular weight is 342 g/mol. The van der Waals surface area contributed by atoms with Crippen molar-refractivity contribution in [3.63, 3.8) is 0 Å². The molecule has 1 saturated carbocycles. The number of carbonyl (C=O) groups excluding carboxylic acids is 1. The van der Waals surface area contributed by atoms with Crippen LogP contribution < -0.4 is 16.4 Å². The van der Waals surface area contributed by atoms with Crippen LogP contribution in [0.1, 0.15) is 30.7 Å². The van der Waals surface area contributed by atoms with E-state index in [1.54, 1.807) is 12.3 Å².